The molecule has 0 fully saturated rings. The number of ether oxygens (including phenoxy) is 1. The second kappa shape index (κ2) is 5.97. The van der Waals surface area contributed by atoms with Gasteiger partial charge in [-0.3, -0.25) is 0 Å². The lowest BCUT2D eigenvalue weighted by Crippen LogP contribution is -2.45. The van der Waals surface area contributed by atoms with Crippen molar-refractivity contribution in [3.05, 3.63) is 31.6 Å². The normalized spacial score (nSPS) is 18.6. The molecule has 0 saturated carbocycles. The van der Waals surface area contributed by atoms with Crippen LogP contribution in [0.5, 0.6) is 0 Å². The molecular formula is C13H15BrN2O3S. The van der Waals surface area contributed by atoms with Gasteiger partial charge in [-0.1, -0.05) is 6.92 Å². The van der Waals surface area contributed by atoms with Gasteiger partial charge in [-0.05, 0) is 35.3 Å². The molecule has 0 aromatic carbocycles. The van der Waals surface area contributed by atoms with Gasteiger partial charge in [0, 0.05) is 19.9 Å². The summed E-state index contributed by atoms with van der Waals surface area (Å²) in [6.45, 7) is 3.76. The molecule has 1 aromatic rings. The molecule has 1 aliphatic heterocycles. The first-order valence-electron chi connectivity index (χ1n) is 6.12. The van der Waals surface area contributed by atoms with Crippen LogP contribution in [0.15, 0.2) is 21.8 Å². The minimum absolute atomic E-state index is 0.317. The van der Waals surface area contributed by atoms with E-state index in [1.807, 2.05) is 6.07 Å². The summed E-state index contributed by atoms with van der Waals surface area (Å²) < 4.78 is 5.81. The average molecular weight is 359 g/mol. The molecule has 7 heteroatoms. The molecule has 2 rings (SSSR count). The molecule has 1 unspecified atom stereocenters. The molecular weight excluding hydrogens is 344 g/mol. The molecule has 0 spiro atoms. The Labute approximate surface area is 129 Å². The van der Waals surface area contributed by atoms with E-state index in [4.69, 9.17) is 4.74 Å². The number of urea groups is 1. The second-order valence-corrected chi connectivity index (χ2v) is 6.36. The van der Waals surface area contributed by atoms with Crippen molar-refractivity contribution in [2.45, 2.75) is 26.3 Å². The Balaban J connectivity index is 2.47. The van der Waals surface area contributed by atoms with Crippen LogP contribution in [0.1, 0.15) is 29.6 Å². The van der Waals surface area contributed by atoms with Crippen molar-refractivity contribution in [1.82, 2.24) is 10.6 Å². The van der Waals surface area contributed by atoms with Gasteiger partial charge in [0.15, 0.2) is 0 Å². The number of aryl methyl sites for hydroxylation is 1. The molecule has 2 heterocycles. The summed E-state index contributed by atoms with van der Waals surface area (Å²) in [7, 11) is 1.33. The van der Waals surface area contributed by atoms with Gasteiger partial charge in [-0.15, -0.1) is 11.3 Å². The minimum Gasteiger partial charge on any atom is -0.466 e. The third-order valence-electron chi connectivity index (χ3n) is 3.06. The first-order valence-corrected chi connectivity index (χ1v) is 7.73. The van der Waals surface area contributed by atoms with E-state index in [2.05, 4.69) is 33.5 Å². The number of carbonyl (C=O) groups excluding carboxylic acids is 2. The van der Waals surface area contributed by atoms with Gasteiger partial charge in [0.2, 0.25) is 0 Å². The number of allylic oxidation sites excluding steroid dienone is 1. The molecule has 1 atom stereocenters. The molecule has 2 N–H and O–H groups in total. The monoisotopic (exact) mass is 358 g/mol. The maximum atomic E-state index is 12.0. The number of amides is 2. The van der Waals surface area contributed by atoms with E-state index in [0.29, 0.717) is 11.3 Å². The van der Waals surface area contributed by atoms with Crippen LogP contribution in [0.25, 0.3) is 0 Å². The van der Waals surface area contributed by atoms with Crippen molar-refractivity contribution in [3.63, 3.8) is 0 Å². The van der Waals surface area contributed by atoms with Crippen LogP contribution >= 0.6 is 27.3 Å². The van der Waals surface area contributed by atoms with Gasteiger partial charge in [0.25, 0.3) is 0 Å². The van der Waals surface area contributed by atoms with Crippen LogP contribution in [0.2, 0.25) is 0 Å². The third kappa shape index (κ3) is 2.73. The number of thiophene rings is 1. The van der Waals surface area contributed by atoms with E-state index in [-0.39, 0.29) is 6.03 Å². The summed E-state index contributed by atoms with van der Waals surface area (Å²) >= 11 is 5.07. The Kier molecular flexibility index (Phi) is 4.49. The van der Waals surface area contributed by atoms with Crippen molar-refractivity contribution in [1.29, 1.82) is 0 Å². The summed E-state index contributed by atoms with van der Waals surface area (Å²) in [5, 5.41) is 5.38. The largest absolute Gasteiger partial charge is 0.466 e. The number of halogens is 1. The highest BCUT2D eigenvalue weighted by Gasteiger charge is 2.33. The molecule has 0 radical (unpaired) electrons. The lowest BCUT2D eigenvalue weighted by Gasteiger charge is -2.26. The highest BCUT2D eigenvalue weighted by molar-refractivity contribution is 9.10. The van der Waals surface area contributed by atoms with E-state index in [9.17, 15) is 9.59 Å². The maximum Gasteiger partial charge on any atom is 0.338 e. The van der Waals surface area contributed by atoms with E-state index in [0.717, 1.165) is 15.8 Å². The fraction of sp³-hybridized carbons (Fsp3) is 0.385. The SMILES string of the molecule is CCc1sc(C2NC(=O)NC(C)=C2C(=O)OC)cc1Br. The molecule has 0 bridgehead atoms. The second-order valence-electron chi connectivity index (χ2n) is 4.34. The van der Waals surface area contributed by atoms with Crippen molar-refractivity contribution in [3.8, 4) is 0 Å². The van der Waals surface area contributed by atoms with Crippen molar-refractivity contribution in [2.75, 3.05) is 7.11 Å². The summed E-state index contributed by atoms with van der Waals surface area (Å²) in [6, 6.07) is 1.15. The van der Waals surface area contributed by atoms with Gasteiger partial charge in [0.05, 0.1) is 18.7 Å². The van der Waals surface area contributed by atoms with Gasteiger partial charge in [0.1, 0.15) is 0 Å². The van der Waals surface area contributed by atoms with Crippen molar-refractivity contribution < 1.29 is 14.3 Å². The summed E-state index contributed by atoms with van der Waals surface area (Å²) in [6.07, 6.45) is 0.889. The first kappa shape index (κ1) is 15.1. The van der Waals surface area contributed by atoms with Crippen LogP contribution < -0.4 is 10.6 Å². The molecule has 1 aromatic heterocycles. The summed E-state index contributed by atoms with van der Waals surface area (Å²) in [5.74, 6) is -0.442. The molecule has 108 valence electrons. The number of methoxy groups -OCH3 is 1. The fourth-order valence-corrected chi connectivity index (χ4v) is 4.07. The standard InChI is InChI=1S/C13H15BrN2O3S/c1-4-8-7(14)5-9(20-8)11-10(12(17)19-3)6(2)15-13(18)16-11/h5,11H,4H2,1-3H3,(H2,15,16,18). The lowest BCUT2D eigenvalue weighted by atomic mass is 10.0. The zero-order valence-corrected chi connectivity index (χ0v) is 13.8. The predicted molar refractivity (Wildman–Crippen MR) is 80.5 cm³/mol. The van der Waals surface area contributed by atoms with Gasteiger partial charge >= 0.3 is 12.0 Å². The summed E-state index contributed by atoms with van der Waals surface area (Å²) in [5.41, 5.74) is 0.955. The number of hydrogen-bond donors (Lipinski definition) is 2. The Morgan fingerprint density at radius 3 is 2.80 bits per heavy atom. The van der Waals surface area contributed by atoms with Crippen molar-refractivity contribution in [2.24, 2.45) is 0 Å². The smallest absolute Gasteiger partial charge is 0.338 e. The number of esters is 1. The highest BCUT2D eigenvalue weighted by Crippen LogP contribution is 2.36. The number of rotatable bonds is 3. The Bertz CT molecular complexity index is 594. The molecule has 0 aliphatic carbocycles. The predicted octanol–water partition coefficient (Wildman–Crippen LogP) is 2.87. The molecule has 5 nitrogen and oxygen atoms in total. The molecule has 20 heavy (non-hydrogen) atoms. The van der Waals surface area contributed by atoms with E-state index >= 15 is 0 Å². The molecule has 0 saturated heterocycles. The molecule has 2 amide bonds. The summed E-state index contributed by atoms with van der Waals surface area (Å²) in [4.78, 5) is 25.7. The average Bonchev–Trinajstić information content (AvgIpc) is 2.78. The van der Waals surface area contributed by atoms with E-state index < -0.39 is 12.0 Å². The topological polar surface area (TPSA) is 67.4 Å². The van der Waals surface area contributed by atoms with Gasteiger partial charge < -0.3 is 15.4 Å². The zero-order valence-electron chi connectivity index (χ0n) is 11.4. The molecule has 1 aliphatic rings. The van der Waals surface area contributed by atoms with Crippen LogP contribution in [0.3, 0.4) is 0 Å². The Hall–Kier alpha value is -1.34. The van der Waals surface area contributed by atoms with E-state index in [1.54, 1.807) is 18.3 Å². The van der Waals surface area contributed by atoms with Gasteiger partial charge in [-0.2, -0.15) is 0 Å². The maximum absolute atomic E-state index is 12.0. The van der Waals surface area contributed by atoms with E-state index in [1.165, 1.54) is 12.0 Å². The first-order chi connectivity index (χ1) is 9.47. The highest BCUT2D eigenvalue weighted by atomic mass is 79.9. The van der Waals surface area contributed by atoms with Crippen LogP contribution in [-0.2, 0) is 16.0 Å². The quantitative estimate of drug-likeness (QED) is 0.816. The number of hydrogen-bond acceptors (Lipinski definition) is 4. The lowest BCUT2D eigenvalue weighted by molar-refractivity contribution is -0.136. The number of carbonyl (C=O) groups is 2. The van der Waals surface area contributed by atoms with Crippen LogP contribution in [-0.4, -0.2) is 19.1 Å². The zero-order chi connectivity index (χ0) is 14.9. The van der Waals surface area contributed by atoms with Crippen molar-refractivity contribution >= 4 is 39.3 Å². The van der Waals surface area contributed by atoms with Gasteiger partial charge in [-0.25, -0.2) is 9.59 Å². The fourth-order valence-electron chi connectivity index (χ4n) is 2.10. The minimum atomic E-state index is -0.474. The third-order valence-corrected chi connectivity index (χ3v) is 5.37. The van der Waals surface area contributed by atoms with Crippen LogP contribution in [0, 0.1) is 0 Å². The number of nitrogens with one attached hydrogen (secondary N) is 2. The Morgan fingerprint density at radius 2 is 2.25 bits per heavy atom. The van der Waals surface area contributed by atoms with Crippen LogP contribution in [0.4, 0.5) is 4.79 Å². The Morgan fingerprint density at radius 1 is 1.55 bits per heavy atom.